The van der Waals surface area contributed by atoms with Crippen molar-refractivity contribution in [3.63, 3.8) is 0 Å². The van der Waals surface area contributed by atoms with E-state index in [2.05, 4.69) is 57.1 Å². The zero-order valence-electron chi connectivity index (χ0n) is 12.2. The van der Waals surface area contributed by atoms with E-state index >= 15 is 0 Å². The molecular formula is C13H10Br2N6O2S. The van der Waals surface area contributed by atoms with Gasteiger partial charge in [0, 0.05) is 20.9 Å². The second-order valence-electron chi connectivity index (χ2n) is 4.87. The molecule has 8 nitrogen and oxygen atoms in total. The van der Waals surface area contributed by atoms with Crippen LogP contribution in [-0.2, 0) is 9.84 Å². The zero-order chi connectivity index (χ0) is 17.5. The molecule has 0 saturated heterocycles. The van der Waals surface area contributed by atoms with E-state index in [0.717, 1.165) is 20.9 Å². The second kappa shape index (κ2) is 6.22. The Morgan fingerprint density at radius 3 is 2.25 bits per heavy atom. The van der Waals surface area contributed by atoms with E-state index in [1.54, 1.807) is 12.1 Å². The van der Waals surface area contributed by atoms with Gasteiger partial charge in [-0.25, -0.2) is 28.4 Å². The number of aromatic nitrogens is 4. The first-order valence-corrected chi connectivity index (χ1v) is 9.93. The Labute approximate surface area is 154 Å². The van der Waals surface area contributed by atoms with Crippen molar-refractivity contribution < 1.29 is 8.42 Å². The number of hydrogen-bond donors (Lipinski definition) is 2. The van der Waals surface area contributed by atoms with Crippen LogP contribution in [0.5, 0.6) is 0 Å². The van der Waals surface area contributed by atoms with Crippen molar-refractivity contribution in [2.24, 2.45) is 0 Å². The largest absolute Gasteiger partial charge is 0.397 e. The van der Waals surface area contributed by atoms with Crippen molar-refractivity contribution in [2.45, 2.75) is 5.16 Å². The summed E-state index contributed by atoms with van der Waals surface area (Å²) in [5.74, 6) is 0.321. The highest BCUT2D eigenvalue weighted by Crippen LogP contribution is 2.32. The number of anilines is 3. The molecule has 0 aliphatic carbocycles. The quantitative estimate of drug-likeness (QED) is 0.439. The minimum absolute atomic E-state index is 0.259. The van der Waals surface area contributed by atoms with E-state index in [4.69, 9.17) is 5.73 Å². The van der Waals surface area contributed by atoms with Gasteiger partial charge in [0.15, 0.2) is 0 Å². The molecule has 24 heavy (non-hydrogen) atoms. The summed E-state index contributed by atoms with van der Waals surface area (Å²) in [5, 5.41) is 2.78. The van der Waals surface area contributed by atoms with Crippen molar-refractivity contribution in [1.82, 2.24) is 19.9 Å². The second-order valence-corrected chi connectivity index (χ2v) is 8.49. The molecule has 11 heteroatoms. The van der Waals surface area contributed by atoms with Gasteiger partial charge in [0.1, 0.15) is 11.0 Å². The van der Waals surface area contributed by atoms with E-state index in [1.807, 2.05) is 0 Å². The lowest BCUT2D eigenvalue weighted by atomic mass is 10.3. The summed E-state index contributed by atoms with van der Waals surface area (Å²) in [6.45, 7) is 0. The van der Waals surface area contributed by atoms with Crippen LogP contribution >= 0.6 is 31.9 Å². The topological polar surface area (TPSA) is 124 Å². The Kier molecular flexibility index (Phi) is 4.40. The van der Waals surface area contributed by atoms with Crippen LogP contribution in [0.15, 0.2) is 38.6 Å². The number of halogens is 2. The molecule has 0 atom stereocenters. The molecule has 3 rings (SSSR count). The molecule has 2 aromatic heterocycles. The maximum atomic E-state index is 11.5. The summed E-state index contributed by atoms with van der Waals surface area (Å²) in [6.07, 6.45) is 3.82. The van der Waals surface area contributed by atoms with Gasteiger partial charge >= 0.3 is 0 Å². The fourth-order valence-corrected chi connectivity index (χ4v) is 3.54. The van der Waals surface area contributed by atoms with Crippen molar-refractivity contribution in [3.8, 4) is 0 Å². The van der Waals surface area contributed by atoms with Crippen molar-refractivity contribution in [3.05, 3.63) is 33.5 Å². The van der Waals surface area contributed by atoms with Crippen molar-refractivity contribution >= 4 is 70.1 Å². The SMILES string of the molecule is CS(=O)(=O)c1ncc2nc(Nc3cc(Br)c(N)c(Br)c3)ncc2n1. The number of nitrogens with zero attached hydrogens (tertiary/aromatic N) is 4. The fraction of sp³-hybridized carbons (Fsp3) is 0.0769. The predicted molar refractivity (Wildman–Crippen MR) is 97.8 cm³/mol. The van der Waals surface area contributed by atoms with Crippen molar-refractivity contribution in [2.75, 3.05) is 17.3 Å². The number of nitrogens with two attached hydrogens (primary N) is 1. The lowest BCUT2D eigenvalue weighted by Crippen LogP contribution is -2.05. The highest BCUT2D eigenvalue weighted by Gasteiger charge is 2.13. The minimum Gasteiger partial charge on any atom is -0.397 e. The standard InChI is InChI=1S/C13H10Br2N6O2S/c1-24(22,23)13-18-5-9-10(21-13)4-17-12(20-9)19-6-2-7(14)11(16)8(15)3-6/h2-5H,16H2,1H3,(H,17,19,20). The van der Waals surface area contributed by atoms with Crippen LogP contribution in [0.3, 0.4) is 0 Å². The zero-order valence-corrected chi connectivity index (χ0v) is 16.1. The average Bonchev–Trinajstić information content (AvgIpc) is 2.51. The third kappa shape index (κ3) is 3.47. The molecule has 0 unspecified atom stereocenters. The van der Waals surface area contributed by atoms with Crippen LogP contribution in [0.4, 0.5) is 17.3 Å². The number of sulfone groups is 1. The summed E-state index contributed by atoms with van der Waals surface area (Å²) < 4.78 is 24.4. The van der Waals surface area contributed by atoms with E-state index in [9.17, 15) is 8.42 Å². The van der Waals surface area contributed by atoms with Gasteiger partial charge < -0.3 is 11.1 Å². The highest BCUT2D eigenvalue weighted by molar-refractivity contribution is 9.11. The van der Waals surface area contributed by atoms with Gasteiger partial charge in [-0.05, 0) is 44.0 Å². The Bertz CT molecular complexity index is 1030. The molecule has 3 N–H and O–H groups in total. The molecule has 0 bridgehead atoms. The molecule has 0 aliphatic heterocycles. The lowest BCUT2D eigenvalue weighted by molar-refractivity contribution is 0.593. The molecule has 124 valence electrons. The van der Waals surface area contributed by atoms with Gasteiger partial charge in [-0.1, -0.05) is 0 Å². The molecule has 0 amide bonds. The minimum atomic E-state index is -3.48. The van der Waals surface area contributed by atoms with Crippen LogP contribution < -0.4 is 11.1 Å². The molecule has 1 aromatic carbocycles. The Morgan fingerprint density at radius 1 is 1.04 bits per heavy atom. The number of rotatable bonds is 3. The molecule has 0 saturated carbocycles. The highest BCUT2D eigenvalue weighted by atomic mass is 79.9. The fourth-order valence-electron chi connectivity index (χ4n) is 1.84. The van der Waals surface area contributed by atoms with Crippen LogP contribution in [0.1, 0.15) is 0 Å². The van der Waals surface area contributed by atoms with Crippen LogP contribution in [0, 0.1) is 0 Å². The molecule has 0 aliphatic rings. The number of nitrogens with one attached hydrogen (secondary N) is 1. The summed E-state index contributed by atoms with van der Waals surface area (Å²) in [4.78, 5) is 16.2. The Hall–Kier alpha value is -1.85. The summed E-state index contributed by atoms with van der Waals surface area (Å²) in [6, 6.07) is 3.58. The van der Waals surface area contributed by atoms with Gasteiger partial charge in [0.05, 0.1) is 18.1 Å². The first kappa shape index (κ1) is 17.0. The van der Waals surface area contributed by atoms with E-state index < -0.39 is 9.84 Å². The maximum absolute atomic E-state index is 11.5. The maximum Gasteiger partial charge on any atom is 0.247 e. The third-order valence-electron chi connectivity index (χ3n) is 2.98. The Morgan fingerprint density at radius 2 is 1.62 bits per heavy atom. The molecule has 0 spiro atoms. The van der Waals surface area contributed by atoms with Gasteiger partial charge in [-0.15, -0.1) is 0 Å². The van der Waals surface area contributed by atoms with E-state index in [1.165, 1.54) is 12.4 Å². The number of fused-ring (bicyclic) bond motifs is 1. The van der Waals surface area contributed by atoms with Gasteiger partial charge in [0.25, 0.3) is 0 Å². The smallest absolute Gasteiger partial charge is 0.247 e. The molecule has 3 aromatic rings. The predicted octanol–water partition coefficient (Wildman–Crippen LogP) is 2.67. The molecular weight excluding hydrogens is 464 g/mol. The van der Waals surface area contributed by atoms with Crippen LogP contribution in [0.25, 0.3) is 11.0 Å². The lowest BCUT2D eigenvalue weighted by Gasteiger charge is -2.09. The first-order valence-electron chi connectivity index (χ1n) is 6.45. The van der Waals surface area contributed by atoms with Gasteiger partial charge in [-0.2, -0.15) is 0 Å². The first-order chi connectivity index (χ1) is 11.2. The number of benzene rings is 1. The molecule has 0 radical (unpaired) electrons. The Balaban J connectivity index is 1.97. The van der Waals surface area contributed by atoms with Crippen molar-refractivity contribution in [1.29, 1.82) is 0 Å². The summed E-state index contributed by atoms with van der Waals surface area (Å²) in [5.41, 5.74) is 7.92. The summed E-state index contributed by atoms with van der Waals surface area (Å²) >= 11 is 6.73. The monoisotopic (exact) mass is 472 g/mol. The third-order valence-corrected chi connectivity index (χ3v) is 5.15. The summed E-state index contributed by atoms with van der Waals surface area (Å²) in [7, 11) is -3.48. The van der Waals surface area contributed by atoms with Crippen LogP contribution in [-0.4, -0.2) is 34.6 Å². The molecule has 2 heterocycles. The van der Waals surface area contributed by atoms with E-state index in [-0.39, 0.29) is 5.16 Å². The average molecular weight is 474 g/mol. The van der Waals surface area contributed by atoms with E-state index in [0.29, 0.717) is 22.7 Å². The number of nitrogen functional groups attached to an aromatic ring is 1. The number of hydrogen-bond acceptors (Lipinski definition) is 8. The molecule has 0 fully saturated rings. The normalized spacial score (nSPS) is 11.6. The van der Waals surface area contributed by atoms with Gasteiger partial charge in [0.2, 0.25) is 20.9 Å². The van der Waals surface area contributed by atoms with Gasteiger partial charge in [-0.3, -0.25) is 0 Å². The van der Waals surface area contributed by atoms with Crippen LogP contribution in [0.2, 0.25) is 0 Å².